The molecule has 0 bridgehead atoms. The average molecular weight is 228 g/mol. The normalized spacial score (nSPS) is 26.1. The van der Waals surface area contributed by atoms with Gasteiger partial charge in [-0.25, -0.2) is 0 Å². The molecule has 0 aliphatic heterocycles. The molecule has 0 spiro atoms. The molecular formula is C11H18ClN3. The summed E-state index contributed by atoms with van der Waals surface area (Å²) in [6.07, 6.45) is 4.55. The van der Waals surface area contributed by atoms with Crippen molar-refractivity contribution >= 4 is 11.6 Å². The highest BCUT2D eigenvalue weighted by Gasteiger charge is 2.24. The number of aromatic nitrogens is 2. The first kappa shape index (κ1) is 11.0. The fourth-order valence-electron chi connectivity index (χ4n) is 2.49. The maximum absolute atomic E-state index is 6.20. The fraction of sp³-hybridized carbons (Fsp3) is 0.727. The third-order valence-corrected chi connectivity index (χ3v) is 3.82. The van der Waals surface area contributed by atoms with Crippen molar-refractivity contribution in [3.63, 3.8) is 0 Å². The van der Waals surface area contributed by atoms with Crippen molar-refractivity contribution < 1.29 is 0 Å². The maximum atomic E-state index is 6.20. The molecule has 0 aromatic carbocycles. The highest BCUT2D eigenvalue weighted by atomic mass is 35.5. The first-order valence-corrected chi connectivity index (χ1v) is 5.89. The minimum atomic E-state index is 0.394. The van der Waals surface area contributed by atoms with Gasteiger partial charge in [0.05, 0.1) is 5.69 Å². The first-order chi connectivity index (χ1) is 7.08. The lowest BCUT2D eigenvalue weighted by Gasteiger charge is -2.08. The minimum Gasteiger partial charge on any atom is -0.328 e. The quantitative estimate of drug-likeness (QED) is 0.841. The van der Waals surface area contributed by atoms with Gasteiger partial charge in [-0.15, -0.1) is 0 Å². The molecule has 4 heteroatoms. The van der Waals surface area contributed by atoms with Gasteiger partial charge in [-0.05, 0) is 38.5 Å². The zero-order valence-corrected chi connectivity index (χ0v) is 10.1. The van der Waals surface area contributed by atoms with E-state index in [1.165, 1.54) is 12.0 Å². The molecule has 0 radical (unpaired) electrons. The summed E-state index contributed by atoms with van der Waals surface area (Å²) in [6, 6.07) is 0.394. The Bertz CT molecular complexity index is 359. The Balaban J connectivity index is 2.10. The van der Waals surface area contributed by atoms with E-state index in [4.69, 9.17) is 17.3 Å². The number of halogens is 1. The Morgan fingerprint density at radius 3 is 2.73 bits per heavy atom. The minimum absolute atomic E-state index is 0.394. The molecule has 1 aromatic heterocycles. The van der Waals surface area contributed by atoms with Crippen LogP contribution in [0.15, 0.2) is 0 Å². The maximum Gasteiger partial charge on any atom is 0.130 e. The van der Waals surface area contributed by atoms with Gasteiger partial charge >= 0.3 is 0 Å². The molecule has 2 rings (SSSR count). The zero-order chi connectivity index (χ0) is 11.0. The second-order valence-electron chi connectivity index (χ2n) is 4.62. The van der Waals surface area contributed by atoms with E-state index in [1.807, 2.05) is 14.0 Å². The van der Waals surface area contributed by atoms with Gasteiger partial charge in [0, 0.05) is 18.7 Å². The van der Waals surface area contributed by atoms with Crippen LogP contribution in [0, 0.1) is 12.8 Å². The van der Waals surface area contributed by atoms with Crippen LogP contribution < -0.4 is 5.73 Å². The monoisotopic (exact) mass is 227 g/mol. The predicted molar refractivity (Wildman–Crippen MR) is 62.0 cm³/mol. The van der Waals surface area contributed by atoms with Gasteiger partial charge in [-0.2, -0.15) is 5.10 Å². The van der Waals surface area contributed by atoms with Crippen LogP contribution in [-0.2, 0) is 13.5 Å². The summed E-state index contributed by atoms with van der Waals surface area (Å²) >= 11 is 6.20. The largest absolute Gasteiger partial charge is 0.328 e. The van der Waals surface area contributed by atoms with Crippen LogP contribution in [0.1, 0.15) is 30.5 Å². The van der Waals surface area contributed by atoms with Gasteiger partial charge in [-0.1, -0.05) is 11.6 Å². The van der Waals surface area contributed by atoms with E-state index in [9.17, 15) is 0 Å². The summed E-state index contributed by atoms with van der Waals surface area (Å²) in [5, 5.41) is 5.11. The third-order valence-electron chi connectivity index (χ3n) is 3.34. The SMILES string of the molecule is Cc1nn(C)c(Cl)c1CC1CCC(N)C1. The molecule has 1 heterocycles. The highest BCUT2D eigenvalue weighted by Crippen LogP contribution is 2.30. The summed E-state index contributed by atoms with van der Waals surface area (Å²) in [7, 11) is 1.89. The van der Waals surface area contributed by atoms with E-state index >= 15 is 0 Å². The van der Waals surface area contributed by atoms with E-state index in [1.54, 1.807) is 4.68 Å². The molecule has 1 aliphatic carbocycles. The smallest absolute Gasteiger partial charge is 0.130 e. The second kappa shape index (κ2) is 4.14. The molecular weight excluding hydrogens is 210 g/mol. The summed E-state index contributed by atoms with van der Waals surface area (Å²) in [6.45, 7) is 2.02. The number of rotatable bonds is 2. The molecule has 2 atom stereocenters. The van der Waals surface area contributed by atoms with Crippen LogP contribution >= 0.6 is 11.6 Å². The molecule has 84 valence electrons. The van der Waals surface area contributed by atoms with Crippen molar-refractivity contribution in [2.24, 2.45) is 18.7 Å². The highest BCUT2D eigenvalue weighted by molar-refractivity contribution is 6.30. The number of hydrogen-bond donors (Lipinski definition) is 1. The van der Waals surface area contributed by atoms with Crippen LogP contribution in [0.5, 0.6) is 0 Å². The number of aryl methyl sites for hydroxylation is 2. The van der Waals surface area contributed by atoms with Gasteiger partial charge in [0.25, 0.3) is 0 Å². The first-order valence-electron chi connectivity index (χ1n) is 5.51. The summed E-state index contributed by atoms with van der Waals surface area (Å²) in [5.74, 6) is 0.695. The molecule has 1 saturated carbocycles. The average Bonchev–Trinajstić information content (AvgIpc) is 2.67. The molecule has 2 N–H and O–H groups in total. The van der Waals surface area contributed by atoms with E-state index in [0.29, 0.717) is 12.0 Å². The van der Waals surface area contributed by atoms with Crippen LogP contribution in [0.4, 0.5) is 0 Å². The van der Waals surface area contributed by atoms with Crippen LogP contribution in [-0.4, -0.2) is 15.8 Å². The summed E-state index contributed by atoms with van der Waals surface area (Å²) < 4.78 is 1.75. The van der Waals surface area contributed by atoms with Crippen molar-refractivity contribution in [3.8, 4) is 0 Å². The molecule has 3 nitrogen and oxygen atoms in total. The number of nitrogens with two attached hydrogens (primary N) is 1. The number of nitrogens with zero attached hydrogens (tertiary/aromatic N) is 2. The fourth-order valence-corrected chi connectivity index (χ4v) is 2.75. The van der Waals surface area contributed by atoms with E-state index in [-0.39, 0.29) is 0 Å². The molecule has 15 heavy (non-hydrogen) atoms. The standard InChI is InChI=1S/C11H18ClN3/c1-7-10(11(12)15(2)14-7)6-8-3-4-9(13)5-8/h8-9H,3-6,13H2,1-2H3. The Kier molecular flexibility index (Phi) is 3.03. The third kappa shape index (κ3) is 2.18. The lowest BCUT2D eigenvalue weighted by Crippen LogP contribution is -2.15. The topological polar surface area (TPSA) is 43.8 Å². The Labute approximate surface area is 95.6 Å². The van der Waals surface area contributed by atoms with Gasteiger partial charge in [0.2, 0.25) is 0 Å². The van der Waals surface area contributed by atoms with Crippen LogP contribution in [0.2, 0.25) is 5.15 Å². The zero-order valence-electron chi connectivity index (χ0n) is 9.33. The van der Waals surface area contributed by atoms with Crippen molar-refractivity contribution in [2.45, 2.75) is 38.6 Å². The van der Waals surface area contributed by atoms with Gasteiger partial charge in [0.1, 0.15) is 5.15 Å². The summed E-state index contributed by atoms with van der Waals surface area (Å²) in [4.78, 5) is 0. The lowest BCUT2D eigenvalue weighted by molar-refractivity contribution is 0.534. The van der Waals surface area contributed by atoms with Gasteiger partial charge < -0.3 is 5.73 Å². The van der Waals surface area contributed by atoms with Crippen LogP contribution in [0.3, 0.4) is 0 Å². The molecule has 0 amide bonds. The lowest BCUT2D eigenvalue weighted by atomic mass is 9.98. The predicted octanol–water partition coefficient (Wildman–Crippen LogP) is 2.05. The van der Waals surface area contributed by atoms with E-state index in [0.717, 1.165) is 30.1 Å². The van der Waals surface area contributed by atoms with Crippen molar-refractivity contribution in [2.75, 3.05) is 0 Å². The number of hydrogen-bond acceptors (Lipinski definition) is 2. The van der Waals surface area contributed by atoms with Crippen molar-refractivity contribution in [1.82, 2.24) is 9.78 Å². The second-order valence-corrected chi connectivity index (χ2v) is 4.98. The molecule has 0 saturated heterocycles. The van der Waals surface area contributed by atoms with Crippen molar-refractivity contribution in [3.05, 3.63) is 16.4 Å². The Hall–Kier alpha value is -0.540. The van der Waals surface area contributed by atoms with E-state index < -0.39 is 0 Å². The van der Waals surface area contributed by atoms with Crippen molar-refractivity contribution in [1.29, 1.82) is 0 Å². The van der Waals surface area contributed by atoms with Gasteiger partial charge in [0.15, 0.2) is 0 Å². The molecule has 2 unspecified atom stereocenters. The summed E-state index contributed by atoms with van der Waals surface area (Å²) in [5.41, 5.74) is 8.17. The van der Waals surface area contributed by atoms with Crippen LogP contribution in [0.25, 0.3) is 0 Å². The molecule has 1 aliphatic rings. The Morgan fingerprint density at radius 1 is 1.53 bits per heavy atom. The molecule has 1 fully saturated rings. The van der Waals surface area contributed by atoms with E-state index in [2.05, 4.69) is 5.10 Å². The Morgan fingerprint density at radius 2 is 2.27 bits per heavy atom. The van der Waals surface area contributed by atoms with Gasteiger partial charge in [-0.3, -0.25) is 4.68 Å². The molecule has 1 aromatic rings.